The Morgan fingerprint density at radius 1 is 1.42 bits per heavy atom. The zero-order valence-corrected chi connectivity index (χ0v) is 6.34. The van der Waals surface area contributed by atoms with Crippen molar-refractivity contribution in [1.82, 2.24) is 0 Å². The van der Waals surface area contributed by atoms with Crippen LogP contribution in [0.25, 0.3) is 0 Å². The highest BCUT2D eigenvalue weighted by Crippen LogP contribution is 2.19. The largest absolute Gasteiger partial charge is 0.301 e. The standard InChI is InChI=1S/C8H9F2NO/c9-7-4-2-1-3-6(7)8(10)5-12-11/h1-4,8H,5,11H2. The Morgan fingerprint density at radius 3 is 2.67 bits per heavy atom. The summed E-state index contributed by atoms with van der Waals surface area (Å²) in [5, 5.41) is 0. The molecule has 0 spiro atoms. The van der Waals surface area contributed by atoms with E-state index in [9.17, 15) is 8.78 Å². The van der Waals surface area contributed by atoms with Crippen LogP contribution in [0.1, 0.15) is 11.7 Å². The van der Waals surface area contributed by atoms with Crippen molar-refractivity contribution in [1.29, 1.82) is 0 Å². The Labute approximate surface area is 68.9 Å². The Bertz CT molecular complexity index is 255. The summed E-state index contributed by atoms with van der Waals surface area (Å²) in [6.45, 7) is -0.332. The molecule has 0 amide bonds. The van der Waals surface area contributed by atoms with E-state index in [1.165, 1.54) is 18.2 Å². The molecular weight excluding hydrogens is 164 g/mol. The lowest BCUT2D eigenvalue weighted by Crippen LogP contribution is -2.08. The maximum absolute atomic E-state index is 13.0. The highest BCUT2D eigenvalue weighted by atomic mass is 19.1. The van der Waals surface area contributed by atoms with E-state index in [2.05, 4.69) is 10.7 Å². The predicted molar refractivity (Wildman–Crippen MR) is 40.4 cm³/mol. The molecule has 1 atom stereocenters. The SMILES string of the molecule is NOCC(F)c1ccccc1F. The smallest absolute Gasteiger partial charge is 0.153 e. The van der Waals surface area contributed by atoms with Crippen LogP contribution >= 0.6 is 0 Å². The summed E-state index contributed by atoms with van der Waals surface area (Å²) in [6, 6.07) is 5.60. The van der Waals surface area contributed by atoms with E-state index < -0.39 is 12.0 Å². The molecule has 0 saturated heterocycles. The van der Waals surface area contributed by atoms with Crippen molar-refractivity contribution in [2.45, 2.75) is 6.17 Å². The van der Waals surface area contributed by atoms with Gasteiger partial charge in [0.2, 0.25) is 0 Å². The van der Waals surface area contributed by atoms with Crippen LogP contribution in [0, 0.1) is 5.82 Å². The number of halogens is 2. The Balaban J connectivity index is 2.79. The molecule has 0 radical (unpaired) electrons. The van der Waals surface area contributed by atoms with Gasteiger partial charge in [0, 0.05) is 5.56 Å². The summed E-state index contributed by atoms with van der Waals surface area (Å²) >= 11 is 0. The first kappa shape index (κ1) is 9.09. The number of alkyl halides is 1. The summed E-state index contributed by atoms with van der Waals surface area (Å²) in [7, 11) is 0. The number of hydrogen-bond acceptors (Lipinski definition) is 2. The summed E-state index contributed by atoms with van der Waals surface area (Å²) < 4.78 is 25.8. The summed E-state index contributed by atoms with van der Waals surface area (Å²) in [5.41, 5.74) is -0.0250. The molecule has 2 N–H and O–H groups in total. The van der Waals surface area contributed by atoms with Crippen molar-refractivity contribution in [3.05, 3.63) is 35.6 Å². The third-order valence-corrected chi connectivity index (χ3v) is 1.49. The van der Waals surface area contributed by atoms with Crippen LogP contribution in [0.4, 0.5) is 8.78 Å². The van der Waals surface area contributed by atoms with Crippen LogP contribution < -0.4 is 5.90 Å². The average molecular weight is 173 g/mol. The maximum atomic E-state index is 13.0. The van der Waals surface area contributed by atoms with E-state index in [1.54, 1.807) is 6.07 Å². The van der Waals surface area contributed by atoms with E-state index in [0.29, 0.717) is 0 Å². The van der Waals surface area contributed by atoms with Crippen molar-refractivity contribution in [3.8, 4) is 0 Å². The molecule has 1 rings (SSSR count). The molecule has 1 aromatic carbocycles. The van der Waals surface area contributed by atoms with Crippen molar-refractivity contribution >= 4 is 0 Å². The van der Waals surface area contributed by atoms with E-state index >= 15 is 0 Å². The van der Waals surface area contributed by atoms with Crippen molar-refractivity contribution in [2.24, 2.45) is 5.90 Å². The lowest BCUT2D eigenvalue weighted by atomic mass is 10.1. The highest BCUT2D eigenvalue weighted by molar-refractivity contribution is 5.19. The van der Waals surface area contributed by atoms with Gasteiger partial charge in [-0.3, -0.25) is 0 Å². The molecule has 4 heteroatoms. The van der Waals surface area contributed by atoms with Crippen molar-refractivity contribution in [2.75, 3.05) is 6.61 Å². The average Bonchev–Trinajstić information content (AvgIpc) is 2.05. The lowest BCUT2D eigenvalue weighted by Gasteiger charge is -2.06. The molecule has 0 heterocycles. The number of rotatable bonds is 3. The third-order valence-electron chi connectivity index (χ3n) is 1.49. The summed E-state index contributed by atoms with van der Waals surface area (Å²) in [4.78, 5) is 4.07. The first-order valence-electron chi connectivity index (χ1n) is 3.46. The predicted octanol–water partition coefficient (Wildman–Crippen LogP) is 1.73. The van der Waals surface area contributed by atoms with Gasteiger partial charge in [-0.05, 0) is 6.07 Å². The summed E-state index contributed by atoms with van der Waals surface area (Å²) in [6.07, 6.45) is -1.50. The van der Waals surface area contributed by atoms with Gasteiger partial charge in [0.1, 0.15) is 12.4 Å². The Hall–Kier alpha value is -1.00. The maximum Gasteiger partial charge on any atom is 0.153 e. The fourth-order valence-electron chi connectivity index (χ4n) is 0.903. The van der Waals surface area contributed by atoms with Crippen LogP contribution in [0.3, 0.4) is 0 Å². The van der Waals surface area contributed by atoms with Crippen LogP contribution in [-0.2, 0) is 4.84 Å². The highest BCUT2D eigenvalue weighted by Gasteiger charge is 2.13. The van der Waals surface area contributed by atoms with Crippen LogP contribution in [0.2, 0.25) is 0 Å². The van der Waals surface area contributed by atoms with E-state index in [1.807, 2.05) is 0 Å². The molecule has 1 unspecified atom stereocenters. The fraction of sp³-hybridized carbons (Fsp3) is 0.250. The zero-order chi connectivity index (χ0) is 8.97. The van der Waals surface area contributed by atoms with Crippen LogP contribution in [0.5, 0.6) is 0 Å². The normalized spacial score (nSPS) is 12.9. The number of benzene rings is 1. The van der Waals surface area contributed by atoms with Crippen LogP contribution in [-0.4, -0.2) is 6.61 Å². The molecule has 0 fully saturated rings. The van der Waals surface area contributed by atoms with Gasteiger partial charge in [-0.1, -0.05) is 18.2 Å². The molecule has 2 nitrogen and oxygen atoms in total. The molecule has 0 aromatic heterocycles. The Kier molecular flexibility index (Phi) is 3.13. The minimum Gasteiger partial charge on any atom is -0.301 e. The molecular formula is C8H9F2NO. The van der Waals surface area contributed by atoms with Gasteiger partial charge in [-0.2, -0.15) is 0 Å². The molecule has 12 heavy (non-hydrogen) atoms. The number of hydrogen-bond donors (Lipinski definition) is 1. The lowest BCUT2D eigenvalue weighted by molar-refractivity contribution is 0.0802. The topological polar surface area (TPSA) is 35.2 Å². The van der Waals surface area contributed by atoms with Gasteiger partial charge in [0.05, 0.1) is 0 Å². The monoisotopic (exact) mass is 173 g/mol. The van der Waals surface area contributed by atoms with Gasteiger partial charge in [-0.15, -0.1) is 0 Å². The van der Waals surface area contributed by atoms with Crippen molar-refractivity contribution in [3.63, 3.8) is 0 Å². The van der Waals surface area contributed by atoms with Gasteiger partial charge in [0.15, 0.2) is 6.17 Å². The molecule has 0 aliphatic carbocycles. The fourth-order valence-corrected chi connectivity index (χ4v) is 0.903. The molecule has 66 valence electrons. The molecule has 0 aliphatic rings. The third kappa shape index (κ3) is 1.99. The first-order chi connectivity index (χ1) is 5.75. The first-order valence-corrected chi connectivity index (χ1v) is 3.46. The molecule has 0 saturated carbocycles. The zero-order valence-electron chi connectivity index (χ0n) is 6.34. The second-order valence-electron chi connectivity index (χ2n) is 2.32. The minimum absolute atomic E-state index is 0.0250. The van der Waals surface area contributed by atoms with Gasteiger partial charge >= 0.3 is 0 Å². The molecule has 0 bridgehead atoms. The van der Waals surface area contributed by atoms with Crippen molar-refractivity contribution < 1.29 is 13.6 Å². The Morgan fingerprint density at radius 2 is 2.08 bits per heavy atom. The second-order valence-corrected chi connectivity index (χ2v) is 2.32. The summed E-state index contributed by atoms with van der Waals surface area (Å²) in [5.74, 6) is 4.07. The van der Waals surface area contributed by atoms with E-state index in [4.69, 9.17) is 0 Å². The van der Waals surface area contributed by atoms with Crippen LogP contribution in [0.15, 0.2) is 24.3 Å². The van der Waals surface area contributed by atoms with Gasteiger partial charge in [0.25, 0.3) is 0 Å². The van der Waals surface area contributed by atoms with Gasteiger partial charge < -0.3 is 4.84 Å². The molecule has 0 aliphatic heterocycles. The quantitative estimate of drug-likeness (QED) is 0.706. The molecule has 1 aromatic rings. The number of nitrogens with two attached hydrogens (primary N) is 1. The van der Waals surface area contributed by atoms with E-state index in [-0.39, 0.29) is 12.2 Å². The second kappa shape index (κ2) is 4.13. The van der Waals surface area contributed by atoms with Gasteiger partial charge in [-0.25, -0.2) is 14.7 Å². The minimum atomic E-state index is -1.50. The van der Waals surface area contributed by atoms with E-state index in [0.717, 1.165) is 0 Å².